The van der Waals surface area contributed by atoms with E-state index >= 15 is 0 Å². The van der Waals surface area contributed by atoms with Gasteiger partial charge in [0.1, 0.15) is 5.65 Å². The number of imidazole rings is 1. The molecule has 0 aliphatic rings. The highest BCUT2D eigenvalue weighted by molar-refractivity contribution is 7.22. The fourth-order valence-electron chi connectivity index (χ4n) is 2.31. The Morgan fingerprint density at radius 3 is 2.87 bits per heavy atom. The van der Waals surface area contributed by atoms with Gasteiger partial charge < -0.3 is 9.72 Å². The third-order valence-corrected chi connectivity index (χ3v) is 4.31. The molecule has 2 N–H and O–H groups in total. The molecule has 0 radical (unpaired) electrons. The minimum atomic E-state index is -0.291. The number of aromatic nitrogens is 3. The summed E-state index contributed by atoms with van der Waals surface area (Å²) in [7, 11) is 0. The van der Waals surface area contributed by atoms with Gasteiger partial charge in [-0.1, -0.05) is 29.5 Å². The molecule has 0 spiro atoms. The molecule has 0 atom stereocenters. The molecule has 1 aromatic carbocycles. The first-order valence-electron chi connectivity index (χ1n) is 7.11. The van der Waals surface area contributed by atoms with E-state index in [4.69, 9.17) is 0 Å². The van der Waals surface area contributed by atoms with Crippen molar-refractivity contribution < 1.29 is 4.79 Å². The highest BCUT2D eigenvalue weighted by atomic mass is 32.1. The van der Waals surface area contributed by atoms with Crippen LogP contribution >= 0.6 is 11.3 Å². The van der Waals surface area contributed by atoms with Crippen LogP contribution in [-0.2, 0) is 6.54 Å². The van der Waals surface area contributed by atoms with E-state index < -0.39 is 0 Å². The summed E-state index contributed by atoms with van der Waals surface area (Å²) < 4.78 is 2.96. The third-order valence-electron chi connectivity index (χ3n) is 3.36. The van der Waals surface area contributed by atoms with Crippen LogP contribution in [0.3, 0.4) is 0 Å². The van der Waals surface area contributed by atoms with Gasteiger partial charge in [-0.2, -0.15) is 0 Å². The van der Waals surface area contributed by atoms with Crippen molar-refractivity contribution >= 4 is 38.4 Å². The molecule has 0 aliphatic heterocycles. The Bertz CT molecular complexity index is 924. The molecule has 23 heavy (non-hydrogen) atoms. The van der Waals surface area contributed by atoms with Crippen molar-refractivity contribution in [2.24, 2.45) is 0 Å². The Morgan fingerprint density at radius 1 is 1.13 bits per heavy atom. The SMILES string of the molecule is O=C(NCc1cn2ccccc2n1)Nc1nc2ccccc2s1. The zero-order valence-electron chi connectivity index (χ0n) is 12.1. The van der Waals surface area contributed by atoms with E-state index in [0.29, 0.717) is 11.7 Å². The van der Waals surface area contributed by atoms with Crippen LogP contribution in [0.5, 0.6) is 0 Å². The molecule has 4 aromatic rings. The predicted octanol–water partition coefficient (Wildman–Crippen LogP) is 3.27. The van der Waals surface area contributed by atoms with Gasteiger partial charge in [-0.15, -0.1) is 0 Å². The van der Waals surface area contributed by atoms with Crippen LogP contribution in [0, 0.1) is 0 Å². The van der Waals surface area contributed by atoms with Crippen LogP contribution in [0.4, 0.5) is 9.93 Å². The second-order valence-electron chi connectivity index (χ2n) is 4.99. The summed E-state index contributed by atoms with van der Waals surface area (Å²) in [4.78, 5) is 20.8. The van der Waals surface area contributed by atoms with Crippen LogP contribution in [-0.4, -0.2) is 20.4 Å². The van der Waals surface area contributed by atoms with Crippen molar-refractivity contribution in [2.75, 3.05) is 5.32 Å². The van der Waals surface area contributed by atoms with Crippen LogP contribution < -0.4 is 10.6 Å². The average Bonchev–Trinajstić information content (AvgIpc) is 3.15. The standard InChI is InChI=1S/C16H13N5OS/c22-15(20-16-19-12-5-1-2-6-13(12)23-16)17-9-11-10-21-8-4-3-7-14(21)18-11/h1-8,10H,9H2,(H2,17,19,20,22). The molecule has 0 saturated carbocycles. The lowest BCUT2D eigenvalue weighted by molar-refractivity contribution is 0.251. The van der Waals surface area contributed by atoms with Crippen molar-refractivity contribution in [3.05, 3.63) is 60.6 Å². The Balaban J connectivity index is 1.41. The summed E-state index contributed by atoms with van der Waals surface area (Å²) >= 11 is 1.45. The molecule has 0 saturated heterocycles. The van der Waals surface area contributed by atoms with E-state index in [1.807, 2.05) is 59.3 Å². The van der Waals surface area contributed by atoms with Gasteiger partial charge >= 0.3 is 6.03 Å². The summed E-state index contributed by atoms with van der Waals surface area (Å²) in [5, 5.41) is 6.13. The average molecular weight is 323 g/mol. The molecular formula is C16H13N5OS. The lowest BCUT2D eigenvalue weighted by Gasteiger charge is -2.02. The first-order valence-corrected chi connectivity index (χ1v) is 7.93. The van der Waals surface area contributed by atoms with Crippen LogP contribution in [0.2, 0.25) is 0 Å². The minimum Gasteiger partial charge on any atom is -0.332 e. The normalized spacial score (nSPS) is 11.0. The molecular weight excluding hydrogens is 310 g/mol. The number of rotatable bonds is 3. The lowest BCUT2D eigenvalue weighted by atomic mass is 10.3. The lowest BCUT2D eigenvalue weighted by Crippen LogP contribution is -2.28. The van der Waals surface area contributed by atoms with Gasteiger partial charge in [0.25, 0.3) is 0 Å². The predicted molar refractivity (Wildman–Crippen MR) is 90.7 cm³/mol. The van der Waals surface area contributed by atoms with E-state index in [-0.39, 0.29) is 6.03 Å². The number of anilines is 1. The first-order chi connectivity index (χ1) is 11.3. The van der Waals surface area contributed by atoms with Crippen molar-refractivity contribution in [1.82, 2.24) is 19.7 Å². The van der Waals surface area contributed by atoms with Gasteiger partial charge in [0, 0.05) is 12.4 Å². The van der Waals surface area contributed by atoms with Crippen molar-refractivity contribution in [1.29, 1.82) is 0 Å². The van der Waals surface area contributed by atoms with Crippen molar-refractivity contribution in [3.8, 4) is 0 Å². The summed E-state index contributed by atoms with van der Waals surface area (Å²) in [5.41, 5.74) is 2.54. The Labute approximate surface area is 135 Å². The highest BCUT2D eigenvalue weighted by Crippen LogP contribution is 2.25. The minimum absolute atomic E-state index is 0.291. The topological polar surface area (TPSA) is 71.3 Å². The summed E-state index contributed by atoms with van der Waals surface area (Å²) in [6, 6.07) is 13.3. The molecule has 3 heterocycles. The van der Waals surface area contributed by atoms with Gasteiger partial charge in [0.15, 0.2) is 5.13 Å². The number of para-hydroxylation sites is 1. The Kier molecular flexibility index (Phi) is 3.39. The number of thiazole rings is 1. The Hall–Kier alpha value is -2.93. The number of carbonyl (C=O) groups excluding carboxylic acids is 1. The van der Waals surface area contributed by atoms with Crippen LogP contribution in [0.15, 0.2) is 54.9 Å². The van der Waals surface area contributed by atoms with Crippen LogP contribution in [0.1, 0.15) is 5.69 Å². The maximum absolute atomic E-state index is 12.0. The van der Waals surface area contributed by atoms with Crippen molar-refractivity contribution in [2.45, 2.75) is 6.54 Å². The number of fused-ring (bicyclic) bond motifs is 2. The zero-order chi connectivity index (χ0) is 15.6. The molecule has 114 valence electrons. The molecule has 4 rings (SSSR count). The second kappa shape index (κ2) is 5.69. The maximum Gasteiger partial charge on any atom is 0.321 e. The number of nitrogens with zero attached hydrogens (tertiary/aromatic N) is 3. The molecule has 0 aliphatic carbocycles. The largest absolute Gasteiger partial charge is 0.332 e. The molecule has 0 bridgehead atoms. The second-order valence-corrected chi connectivity index (χ2v) is 6.02. The fourth-order valence-corrected chi connectivity index (χ4v) is 3.17. The molecule has 0 unspecified atom stereocenters. The van der Waals surface area contributed by atoms with E-state index in [1.54, 1.807) is 0 Å². The number of nitrogens with one attached hydrogen (secondary N) is 2. The van der Waals surface area contributed by atoms with Gasteiger partial charge in [-0.25, -0.2) is 14.8 Å². The first kappa shape index (κ1) is 13.7. The fraction of sp³-hybridized carbons (Fsp3) is 0.0625. The quantitative estimate of drug-likeness (QED) is 0.608. The number of carbonyl (C=O) groups is 1. The van der Waals surface area contributed by atoms with E-state index in [0.717, 1.165) is 21.6 Å². The van der Waals surface area contributed by atoms with Gasteiger partial charge in [0.2, 0.25) is 0 Å². The summed E-state index contributed by atoms with van der Waals surface area (Å²) in [6.45, 7) is 0.360. The van der Waals surface area contributed by atoms with E-state index in [1.165, 1.54) is 11.3 Å². The number of pyridine rings is 1. The number of benzene rings is 1. The third kappa shape index (κ3) is 2.86. The van der Waals surface area contributed by atoms with Gasteiger partial charge in [-0.05, 0) is 24.3 Å². The van der Waals surface area contributed by atoms with E-state index in [2.05, 4.69) is 20.6 Å². The summed E-state index contributed by atoms with van der Waals surface area (Å²) in [6.07, 6.45) is 3.82. The van der Waals surface area contributed by atoms with Gasteiger partial charge in [-0.3, -0.25) is 5.32 Å². The van der Waals surface area contributed by atoms with E-state index in [9.17, 15) is 4.79 Å². The molecule has 6 nitrogen and oxygen atoms in total. The number of amides is 2. The van der Waals surface area contributed by atoms with Gasteiger partial charge in [0.05, 0.1) is 22.5 Å². The maximum atomic E-state index is 12.0. The monoisotopic (exact) mass is 323 g/mol. The van der Waals surface area contributed by atoms with Crippen molar-refractivity contribution in [3.63, 3.8) is 0 Å². The van der Waals surface area contributed by atoms with Crippen LogP contribution in [0.25, 0.3) is 15.9 Å². The Morgan fingerprint density at radius 2 is 2.00 bits per heavy atom. The number of hydrogen-bond acceptors (Lipinski definition) is 4. The molecule has 2 amide bonds. The number of hydrogen-bond donors (Lipinski definition) is 2. The number of urea groups is 1. The molecule has 0 fully saturated rings. The zero-order valence-corrected chi connectivity index (χ0v) is 12.9. The summed E-state index contributed by atoms with van der Waals surface area (Å²) in [5.74, 6) is 0. The highest BCUT2D eigenvalue weighted by Gasteiger charge is 2.08. The molecule has 3 aromatic heterocycles. The smallest absolute Gasteiger partial charge is 0.321 e. The molecule has 7 heteroatoms.